The molecule has 0 spiro atoms. The van der Waals surface area contributed by atoms with Crippen molar-refractivity contribution in [1.29, 1.82) is 0 Å². The van der Waals surface area contributed by atoms with Gasteiger partial charge in [-0.25, -0.2) is 4.98 Å². The molecular weight excluding hydrogens is 322 g/mol. The molecule has 1 aromatic carbocycles. The first-order valence-electron chi connectivity index (χ1n) is 9.24. The number of fused-ring (bicyclic) bond motifs is 1. The average molecular weight is 349 g/mol. The van der Waals surface area contributed by atoms with Gasteiger partial charge in [0.05, 0.1) is 17.1 Å². The zero-order chi connectivity index (χ0) is 18.4. The highest BCUT2D eigenvalue weighted by Crippen LogP contribution is 2.34. The molecule has 1 fully saturated rings. The van der Waals surface area contributed by atoms with E-state index in [9.17, 15) is 0 Å². The third-order valence-electron chi connectivity index (χ3n) is 5.64. The number of aromatic amines is 1. The molecule has 2 aromatic heterocycles. The molecule has 1 saturated heterocycles. The molecule has 136 valence electrons. The first-order valence-corrected chi connectivity index (χ1v) is 9.24. The van der Waals surface area contributed by atoms with E-state index in [2.05, 4.69) is 66.3 Å². The maximum Gasteiger partial charge on any atom is 0.114 e. The maximum absolute atomic E-state index is 6.16. The Morgan fingerprint density at radius 3 is 2.65 bits per heavy atom. The molecule has 0 radical (unpaired) electrons. The second-order valence-electron chi connectivity index (χ2n) is 7.55. The van der Waals surface area contributed by atoms with Crippen LogP contribution in [0.2, 0.25) is 0 Å². The number of piperidine rings is 1. The minimum Gasteiger partial charge on any atom is -0.397 e. The quantitative estimate of drug-likeness (QED) is 0.759. The number of aryl methyl sites for hydroxylation is 1. The van der Waals surface area contributed by atoms with Crippen LogP contribution < -0.4 is 5.73 Å². The third-order valence-corrected chi connectivity index (χ3v) is 5.64. The van der Waals surface area contributed by atoms with Crippen molar-refractivity contribution >= 4 is 16.6 Å². The molecule has 0 bridgehead atoms. The van der Waals surface area contributed by atoms with Gasteiger partial charge in [-0.2, -0.15) is 0 Å². The van der Waals surface area contributed by atoms with Crippen molar-refractivity contribution in [2.45, 2.75) is 25.7 Å². The van der Waals surface area contributed by atoms with Crippen molar-refractivity contribution in [2.75, 3.05) is 20.1 Å². The highest BCUT2D eigenvalue weighted by atomic mass is 15.1. The van der Waals surface area contributed by atoms with Crippen molar-refractivity contribution < 1.29 is 0 Å². The van der Waals surface area contributed by atoms with E-state index >= 15 is 0 Å². The zero-order valence-corrected chi connectivity index (χ0v) is 15.8. The van der Waals surface area contributed by atoms with Gasteiger partial charge in [0.2, 0.25) is 0 Å². The lowest BCUT2D eigenvalue weighted by Gasteiger charge is -2.28. The highest BCUT2D eigenvalue weighted by Gasteiger charge is 2.26. The molecule has 1 aliphatic rings. The van der Waals surface area contributed by atoms with Gasteiger partial charge in [0.1, 0.15) is 11.5 Å². The topological polar surface area (TPSA) is 62.9 Å². The third kappa shape index (κ3) is 2.72. The number of rotatable bonds is 3. The molecule has 5 nitrogen and oxygen atoms in total. The number of imidazole rings is 1. The molecule has 1 aliphatic heterocycles. The fourth-order valence-electron chi connectivity index (χ4n) is 4.14. The molecule has 3 N–H and O–H groups in total. The molecule has 0 saturated carbocycles. The summed E-state index contributed by atoms with van der Waals surface area (Å²) < 4.78 is 2.14. The summed E-state index contributed by atoms with van der Waals surface area (Å²) in [6, 6.07) is 8.49. The van der Waals surface area contributed by atoms with Crippen LogP contribution in [0.1, 0.15) is 35.8 Å². The van der Waals surface area contributed by atoms with E-state index in [1.807, 2.05) is 0 Å². The summed E-state index contributed by atoms with van der Waals surface area (Å²) in [4.78, 5) is 11.0. The van der Waals surface area contributed by atoms with Crippen LogP contribution in [0.15, 0.2) is 30.8 Å². The number of hydrogen-bond acceptors (Lipinski definition) is 3. The zero-order valence-electron chi connectivity index (χ0n) is 15.8. The predicted molar refractivity (Wildman–Crippen MR) is 108 cm³/mol. The van der Waals surface area contributed by atoms with Crippen molar-refractivity contribution in [2.24, 2.45) is 12.8 Å². The molecule has 4 rings (SSSR count). The molecule has 0 atom stereocenters. The molecule has 0 unspecified atom stereocenters. The Labute approximate surface area is 154 Å². The van der Waals surface area contributed by atoms with Gasteiger partial charge in [-0.15, -0.1) is 0 Å². The summed E-state index contributed by atoms with van der Waals surface area (Å²) in [6.45, 7) is 8.34. The van der Waals surface area contributed by atoms with Gasteiger partial charge in [0, 0.05) is 23.9 Å². The van der Waals surface area contributed by atoms with Crippen LogP contribution in [0.5, 0.6) is 0 Å². The van der Waals surface area contributed by atoms with E-state index in [0.29, 0.717) is 11.6 Å². The molecular formula is C21H27N5. The average Bonchev–Trinajstić information content (AvgIpc) is 3.18. The van der Waals surface area contributed by atoms with Crippen LogP contribution in [0.3, 0.4) is 0 Å². The van der Waals surface area contributed by atoms with Crippen molar-refractivity contribution in [1.82, 2.24) is 19.4 Å². The lowest BCUT2D eigenvalue weighted by atomic mass is 9.96. The lowest BCUT2D eigenvalue weighted by molar-refractivity contribution is 0.249. The molecule has 5 heteroatoms. The first kappa shape index (κ1) is 16.9. The Bertz CT molecular complexity index is 970. The predicted octanol–water partition coefficient (Wildman–Crippen LogP) is 3.62. The largest absolute Gasteiger partial charge is 0.397 e. The minimum absolute atomic E-state index is 0.467. The van der Waals surface area contributed by atoms with Crippen LogP contribution >= 0.6 is 0 Å². The Morgan fingerprint density at radius 2 is 2.00 bits per heavy atom. The summed E-state index contributed by atoms with van der Waals surface area (Å²) in [5.74, 6) is 1.58. The summed E-state index contributed by atoms with van der Waals surface area (Å²) in [5, 5.41) is 1.19. The number of nitrogens with one attached hydrogen (secondary N) is 1. The maximum atomic E-state index is 6.16. The number of aromatic nitrogens is 3. The first-order chi connectivity index (χ1) is 12.5. The lowest BCUT2D eigenvalue weighted by Crippen LogP contribution is -2.30. The van der Waals surface area contributed by atoms with E-state index in [1.165, 1.54) is 10.9 Å². The molecule has 0 amide bonds. The summed E-state index contributed by atoms with van der Waals surface area (Å²) in [6.07, 6.45) is 2.26. The molecule has 0 aliphatic carbocycles. The van der Waals surface area contributed by atoms with Crippen molar-refractivity contribution in [3.05, 3.63) is 47.9 Å². The van der Waals surface area contributed by atoms with Crippen LogP contribution in [-0.2, 0) is 7.05 Å². The second kappa shape index (κ2) is 6.32. The molecule has 3 aromatic rings. The number of para-hydroxylation sites is 1. The van der Waals surface area contributed by atoms with Gasteiger partial charge in [0.15, 0.2) is 0 Å². The number of hydrogen-bond donors (Lipinski definition) is 2. The minimum atomic E-state index is 0.467. The van der Waals surface area contributed by atoms with Gasteiger partial charge in [-0.1, -0.05) is 24.8 Å². The van der Waals surface area contributed by atoms with Crippen molar-refractivity contribution in [3.8, 4) is 11.4 Å². The van der Waals surface area contributed by atoms with E-state index in [0.717, 1.165) is 54.4 Å². The van der Waals surface area contributed by atoms with E-state index in [4.69, 9.17) is 10.7 Å². The van der Waals surface area contributed by atoms with Crippen molar-refractivity contribution in [3.63, 3.8) is 0 Å². The van der Waals surface area contributed by atoms with Crippen LogP contribution in [-0.4, -0.2) is 39.6 Å². The monoisotopic (exact) mass is 349 g/mol. The Hall–Kier alpha value is -2.53. The van der Waals surface area contributed by atoms with Gasteiger partial charge < -0.3 is 20.2 Å². The normalized spacial score (nSPS) is 16.4. The number of nitrogens with zero attached hydrogens (tertiary/aromatic N) is 3. The Morgan fingerprint density at radius 1 is 1.27 bits per heavy atom. The van der Waals surface area contributed by atoms with E-state index < -0.39 is 0 Å². The van der Waals surface area contributed by atoms with Crippen LogP contribution in [0.25, 0.3) is 28.0 Å². The smallest absolute Gasteiger partial charge is 0.114 e. The van der Waals surface area contributed by atoms with Crippen LogP contribution in [0, 0.1) is 6.92 Å². The fourth-order valence-corrected chi connectivity index (χ4v) is 4.14. The summed E-state index contributed by atoms with van der Waals surface area (Å²) in [7, 11) is 4.24. The van der Waals surface area contributed by atoms with Gasteiger partial charge in [-0.05, 0) is 51.5 Å². The summed E-state index contributed by atoms with van der Waals surface area (Å²) >= 11 is 0. The molecule has 26 heavy (non-hydrogen) atoms. The standard InChI is InChI=1S/C21H27N5/c1-13-6-5-7-16-12-17(23-18(13)16)19-20(14(2)22)26(4)21(24-19)15-8-10-25(3)11-9-15/h5-7,12,15,23H,2,8-11,22H2,1,3-4H3. The fraction of sp³-hybridized carbons (Fsp3) is 0.381. The Kier molecular flexibility index (Phi) is 4.11. The van der Waals surface area contributed by atoms with E-state index in [1.54, 1.807) is 0 Å². The summed E-state index contributed by atoms with van der Waals surface area (Å²) in [5.41, 5.74) is 11.9. The Balaban J connectivity index is 1.83. The number of likely N-dealkylation sites (tertiary alicyclic amines) is 1. The van der Waals surface area contributed by atoms with Gasteiger partial charge >= 0.3 is 0 Å². The van der Waals surface area contributed by atoms with Gasteiger partial charge in [0.25, 0.3) is 0 Å². The number of nitrogens with two attached hydrogens (primary N) is 1. The molecule has 3 heterocycles. The van der Waals surface area contributed by atoms with E-state index in [-0.39, 0.29) is 0 Å². The van der Waals surface area contributed by atoms with Crippen LogP contribution in [0.4, 0.5) is 0 Å². The highest BCUT2D eigenvalue weighted by molar-refractivity contribution is 5.89. The number of benzene rings is 1. The second-order valence-corrected chi connectivity index (χ2v) is 7.55. The SMILES string of the molecule is C=C(N)c1c(-c2cc3cccc(C)c3[nH]2)nc(C2CCN(C)CC2)n1C. The van der Waals surface area contributed by atoms with Gasteiger partial charge in [-0.3, -0.25) is 0 Å². The number of H-pyrrole nitrogens is 1.